The van der Waals surface area contributed by atoms with Crippen molar-refractivity contribution in [3.05, 3.63) is 47.5 Å². The summed E-state index contributed by atoms with van der Waals surface area (Å²) in [6, 6.07) is 7.33. The fourth-order valence-corrected chi connectivity index (χ4v) is 2.34. The van der Waals surface area contributed by atoms with E-state index in [0.29, 0.717) is 17.3 Å². The van der Waals surface area contributed by atoms with Crippen molar-refractivity contribution in [3.63, 3.8) is 0 Å². The summed E-state index contributed by atoms with van der Waals surface area (Å²) in [4.78, 5) is 17.0. The van der Waals surface area contributed by atoms with Crippen molar-refractivity contribution in [2.45, 2.75) is 39.2 Å². The van der Waals surface area contributed by atoms with Crippen LogP contribution in [0.4, 0.5) is 0 Å². The van der Waals surface area contributed by atoms with Gasteiger partial charge in [-0.05, 0) is 38.0 Å². The second kappa shape index (κ2) is 8.22. The van der Waals surface area contributed by atoms with Crippen LogP contribution in [-0.4, -0.2) is 32.8 Å². The SMILES string of the molecule is CCCCOC(C)(C)C(=O)C(=Cc1ccccc1Cl)n1cncn1. The molecular weight excluding hydrogens is 326 g/mol. The van der Waals surface area contributed by atoms with E-state index in [0.717, 1.165) is 18.4 Å². The molecular formula is C18H22ClN3O2. The van der Waals surface area contributed by atoms with Gasteiger partial charge in [-0.1, -0.05) is 43.1 Å². The van der Waals surface area contributed by atoms with E-state index in [-0.39, 0.29) is 5.78 Å². The van der Waals surface area contributed by atoms with Crippen LogP contribution >= 0.6 is 11.6 Å². The molecule has 0 saturated heterocycles. The number of carbonyl (C=O) groups excluding carboxylic acids is 1. The van der Waals surface area contributed by atoms with E-state index in [1.165, 1.54) is 17.3 Å². The number of unbranched alkanes of at least 4 members (excludes halogenated alkanes) is 1. The third-order valence-electron chi connectivity index (χ3n) is 3.60. The zero-order valence-corrected chi connectivity index (χ0v) is 15.0. The van der Waals surface area contributed by atoms with Crippen molar-refractivity contribution in [1.29, 1.82) is 0 Å². The zero-order chi connectivity index (χ0) is 17.6. The first-order valence-corrected chi connectivity index (χ1v) is 8.33. The number of halogens is 1. The molecule has 1 heterocycles. The fourth-order valence-electron chi connectivity index (χ4n) is 2.15. The highest BCUT2D eigenvalue weighted by atomic mass is 35.5. The van der Waals surface area contributed by atoms with Gasteiger partial charge in [-0.3, -0.25) is 4.79 Å². The molecule has 5 nitrogen and oxygen atoms in total. The highest BCUT2D eigenvalue weighted by molar-refractivity contribution is 6.33. The van der Waals surface area contributed by atoms with E-state index in [1.54, 1.807) is 26.0 Å². The Hall–Kier alpha value is -1.98. The molecule has 0 amide bonds. The first kappa shape index (κ1) is 18.4. The van der Waals surface area contributed by atoms with Crippen LogP contribution in [-0.2, 0) is 9.53 Å². The first-order valence-electron chi connectivity index (χ1n) is 7.95. The lowest BCUT2D eigenvalue weighted by molar-refractivity contribution is -0.134. The van der Waals surface area contributed by atoms with Crippen LogP contribution in [0, 0.1) is 0 Å². The number of hydrogen-bond donors (Lipinski definition) is 0. The number of nitrogens with zero attached hydrogens (tertiary/aromatic N) is 3. The van der Waals surface area contributed by atoms with Crippen molar-refractivity contribution in [3.8, 4) is 0 Å². The van der Waals surface area contributed by atoms with Crippen LogP contribution in [0.25, 0.3) is 11.8 Å². The Labute approximate surface area is 147 Å². The molecule has 1 aromatic carbocycles. The van der Waals surface area contributed by atoms with Crippen LogP contribution < -0.4 is 0 Å². The van der Waals surface area contributed by atoms with Crippen LogP contribution in [0.1, 0.15) is 39.2 Å². The Morgan fingerprint density at radius 3 is 2.75 bits per heavy atom. The molecule has 0 N–H and O–H groups in total. The predicted octanol–water partition coefficient (Wildman–Crippen LogP) is 4.09. The van der Waals surface area contributed by atoms with E-state index in [4.69, 9.17) is 16.3 Å². The minimum Gasteiger partial charge on any atom is -0.367 e. The summed E-state index contributed by atoms with van der Waals surface area (Å²) in [5, 5.41) is 4.65. The van der Waals surface area contributed by atoms with Gasteiger partial charge in [0.05, 0.1) is 0 Å². The molecule has 24 heavy (non-hydrogen) atoms. The van der Waals surface area contributed by atoms with E-state index < -0.39 is 5.60 Å². The molecule has 0 atom stereocenters. The van der Waals surface area contributed by atoms with Crippen LogP contribution in [0.15, 0.2) is 36.9 Å². The Kier molecular flexibility index (Phi) is 6.29. The zero-order valence-electron chi connectivity index (χ0n) is 14.2. The van der Waals surface area contributed by atoms with Crippen molar-refractivity contribution in [2.24, 2.45) is 0 Å². The molecule has 0 radical (unpaired) electrons. The Morgan fingerprint density at radius 2 is 2.12 bits per heavy atom. The lowest BCUT2D eigenvalue weighted by Crippen LogP contribution is -2.37. The maximum atomic E-state index is 13.0. The summed E-state index contributed by atoms with van der Waals surface area (Å²) in [5.74, 6) is -0.177. The van der Waals surface area contributed by atoms with Crippen LogP contribution in [0.3, 0.4) is 0 Å². The molecule has 0 saturated carbocycles. The molecule has 1 aromatic heterocycles. The summed E-state index contributed by atoms with van der Waals surface area (Å²) in [5.41, 5.74) is 0.137. The summed E-state index contributed by atoms with van der Waals surface area (Å²) >= 11 is 6.22. The lowest BCUT2D eigenvalue weighted by atomic mass is 9.99. The number of ketones is 1. The minimum atomic E-state index is -0.964. The van der Waals surface area contributed by atoms with Gasteiger partial charge in [0.25, 0.3) is 0 Å². The number of benzene rings is 1. The minimum absolute atomic E-state index is 0.177. The van der Waals surface area contributed by atoms with Gasteiger partial charge in [0.1, 0.15) is 24.0 Å². The van der Waals surface area contributed by atoms with Gasteiger partial charge in [0.2, 0.25) is 5.78 Å². The van der Waals surface area contributed by atoms with E-state index >= 15 is 0 Å². The van der Waals surface area contributed by atoms with Gasteiger partial charge in [-0.15, -0.1) is 0 Å². The van der Waals surface area contributed by atoms with Crippen molar-refractivity contribution in [2.75, 3.05) is 6.61 Å². The lowest BCUT2D eigenvalue weighted by Gasteiger charge is -2.25. The smallest absolute Gasteiger partial charge is 0.212 e. The van der Waals surface area contributed by atoms with E-state index in [1.807, 2.05) is 18.2 Å². The van der Waals surface area contributed by atoms with Gasteiger partial charge >= 0.3 is 0 Å². The molecule has 128 valence electrons. The highest BCUT2D eigenvalue weighted by Crippen LogP contribution is 2.24. The molecule has 0 aliphatic rings. The maximum absolute atomic E-state index is 13.0. The Bertz CT molecular complexity index is 709. The number of hydrogen-bond acceptors (Lipinski definition) is 4. The fraction of sp³-hybridized carbons (Fsp3) is 0.389. The van der Waals surface area contributed by atoms with E-state index in [2.05, 4.69) is 17.0 Å². The van der Waals surface area contributed by atoms with Gasteiger partial charge < -0.3 is 4.74 Å². The summed E-state index contributed by atoms with van der Waals surface area (Å²) in [6.45, 7) is 6.15. The second-order valence-corrected chi connectivity index (χ2v) is 6.34. The Morgan fingerprint density at radius 1 is 1.38 bits per heavy atom. The molecule has 6 heteroatoms. The predicted molar refractivity (Wildman–Crippen MR) is 95.6 cm³/mol. The number of aromatic nitrogens is 3. The number of rotatable bonds is 8. The average Bonchev–Trinajstić information content (AvgIpc) is 3.08. The Balaban J connectivity index is 2.37. The van der Waals surface area contributed by atoms with Gasteiger partial charge in [0, 0.05) is 11.6 Å². The third-order valence-corrected chi connectivity index (χ3v) is 3.95. The van der Waals surface area contributed by atoms with Crippen LogP contribution in [0.2, 0.25) is 5.02 Å². The van der Waals surface area contributed by atoms with Gasteiger partial charge in [-0.2, -0.15) is 5.10 Å². The third kappa shape index (κ3) is 4.52. The van der Waals surface area contributed by atoms with Crippen molar-refractivity contribution in [1.82, 2.24) is 14.8 Å². The van der Waals surface area contributed by atoms with Crippen LogP contribution in [0.5, 0.6) is 0 Å². The normalized spacial score (nSPS) is 12.4. The monoisotopic (exact) mass is 347 g/mol. The summed E-state index contributed by atoms with van der Waals surface area (Å²) in [6.07, 6.45) is 6.50. The first-order chi connectivity index (χ1) is 11.5. The highest BCUT2D eigenvalue weighted by Gasteiger charge is 2.32. The number of carbonyl (C=O) groups is 1. The van der Waals surface area contributed by atoms with E-state index in [9.17, 15) is 4.79 Å². The molecule has 0 bridgehead atoms. The van der Waals surface area contributed by atoms with Gasteiger partial charge in [-0.25, -0.2) is 9.67 Å². The second-order valence-electron chi connectivity index (χ2n) is 5.93. The number of ether oxygens (including phenoxy) is 1. The molecule has 0 fully saturated rings. The van der Waals surface area contributed by atoms with Crippen molar-refractivity contribution >= 4 is 29.2 Å². The number of Topliss-reactive ketones (excluding diaryl/α,β-unsaturated/α-hetero) is 1. The quantitative estimate of drug-likeness (QED) is 0.533. The topological polar surface area (TPSA) is 57.0 Å². The summed E-state index contributed by atoms with van der Waals surface area (Å²) in [7, 11) is 0. The summed E-state index contributed by atoms with van der Waals surface area (Å²) < 4.78 is 7.23. The molecule has 0 aliphatic heterocycles. The molecule has 2 rings (SSSR count). The molecule has 0 spiro atoms. The average molecular weight is 348 g/mol. The molecule has 0 aliphatic carbocycles. The molecule has 2 aromatic rings. The maximum Gasteiger partial charge on any atom is 0.212 e. The van der Waals surface area contributed by atoms with Crippen molar-refractivity contribution < 1.29 is 9.53 Å². The standard InChI is InChI=1S/C18H22ClN3O2/c1-4-5-10-24-18(2,3)17(23)16(22-13-20-12-21-22)11-14-8-6-7-9-15(14)19/h6-9,11-13H,4-5,10H2,1-3H3. The largest absolute Gasteiger partial charge is 0.367 e. The molecule has 0 unspecified atom stereocenters. The van der Waals surface area contributed by atoms with Gasteiger partial charge in [0.15, 0.2) is 0 Å².